The smallest absolute Gasteiger partial charge is 0.416 e. The lowest BCUT2D eigenvalue weighted by Gasteiger charge is -2.08. The summed E-state index contributed by atoms with van der Waals surface area (Å²) in [5.74, 6) is 0.497. The molecule has 0 saturated heterocycles. The molecule has 1 aromatic heterocycles. The molecule has 0 radical (unpaired) electrons. The molecule has 0 unspecified atom stereocenters. The Morgan fingerprint density at radius 1 is 1.00 bits per heavy atom. The van der Waals surface area contributed by atoms with Gasteiger partial charge >= 0.3 is 6.18 Å². The van der Waals surface area contributed by atoms with Crippen molar-refractivity contribution in [2.75, 3.05) is 7.11 Å². The first kappa shape index (κ1) is 13.5. The molecular weight excluding hydrogens is 285 g/mol. The minimum Gasteiger partial charge on any atom is -0.497 e. The minimum absolute atomic E-state index is 0.0949. The number of fused-ring (bicyclic) bond motifs is 2. The molecule has 0 aliphatic rings. The summed E-state index contributed by atoms with van der Waals surface area (Å²) in [4.78, 5) is 12.3. The largest absolute Gasteiger partial charge is 0.497 e. The number of hydrogen-bond acceptors (Lipinski definition) is 3. The quantitative estimate of drug-likeness (QED) is 0.637. The van der Waals surface area contributed by atoms with Gasteiger partial charge in [-0.1, -0.05) is 0 Å². The van der Waals surface area contributed by atoms with Crippen LogP contribution in [-0.2, 0) is 6.18 Å². The maximum absolute atomic E-state index is 12.7. The van der Waals surface area contributed by atoms with Crippen LogP contribution < -0.4 is 10.2 Å². The second-order valence-electron chi connectivity index (χ2n) is 4.50. The van der Waals surface area contributed by atoms with Crippen LogP contribution in [0.4, 0.5) is 13.2 Å². The molecule has 2 aromatic carbocycles. The van der Waals surface area contributed by atoms with Crippen molar-refractivity contribution in [1.82, 2.24) is 0 Å². The van der Waals surface area contributed by atoms with E-state index in [0.29, 0.717) is 5.75 Å². The summed E-state index contributed by atoms with van der Waals surface area (Å²) in [6.07, 6.45) is -4.50. The molecule has 0 atom stereocenters. The third-order valence-corrected chi connectivity index (χ3v) is 3.20. The lowest BCUT2D eigenvalue weighted by atomic mass is 10.1. The van der Waals surface area contributed by atoms with Crippen molar-refractivity contribution < 1.29 is 22.3 Å². The van der Waals surface area contributed by atoms with Crippen molar-refractivity contribution in [3.8, 4) is 5.75 Å². The Balaban J connectivity index is 2.37. The molecule has 3 rings (SSSR count). The van der Waals surface area contributed by atoms with Crippen LogP contribution in [0.1, 0.15) is 5.56 Å². The lowest BCUT2D eigenvalue weighted by Crippen LogP contribution is -2.08. The van der Waals surface area contributed by atoms with Crippen molar-refractivity contribution >= 4 is 21.9 Å². The van der Waals surface area contributed by atoms with E-state index in [1.54, 1.807) is 6.07 Å². The van der Waals surface area contributed by atoms with Gasteiger partial charge in [-0.2, -0.15) is 13.2 Å². The van der Waals surface area contributed by atoms with Gasteiger partial charge in [0.05, 0.1) is 23.4 Å². The first-order valence-corrected chi connectivity index (χ1v) is 6.02. The first-order valence-electron chi connectivity index (χ1n) is 6.02. The van der Waals surface area contributed by atoms with Gasteiger partial charge in [-0.15, -0.1) is 0 Å². The van der Waals surface area contributed by atoms with Crippen molar-refractivity contribution in [3.05, 3.63) is 52.2 Å². The summed E-state index contributed by atoms with van der Waals surface area (Å²) in [6, 6.07) is 7.40. The molecule has 1 heterocycles. The summed E-state index contributed by atoms with van der Waals surface area (Å²) in [5.41, 5.74) is -1.00. The van der Waals surface area contributed by atoms with Gasteiger partial charge in [0.15, 0.2) is 0 Å². The summed E-state index contributed by atoms with van der Waals surface area (Å²) >= 11 is 0. The number of methoxy groups -OCH3 is 1. The van der Waals surface area contributed by atoms with Gasteiger partial charge in [0.25, 0.3) is 0 Å². The van der Waals surface area contributed by atoms with Crippen LogP contribution in [-0.4, -0.2) is 7.11 Å². The Labute approximate surface area is 116 Å². The minimum atomic E-state index is -4.50. The summed E-state index contributed by atoms with van der Waals surface area (Å²) in [6.45, 7) is 0. The van der Waals surface area contributed by atoms with Gasteiger partial charge in [0, 0.05) is 6.07 Å². The van der Waals surface area contributed by atoms with Gasteiger partial charge in [-0.3, -0.25) is 4.79 Å². The highest BCUT2D eigenvalue weighted by Crippen LogP contribution is 2.31. The van der Waals surface area contributed by atoms with Crippen LogP contribution in [0, 0.1) is 0 Å². The SMILES string of the molecule is COc1ccc2c(=O)c3cc(C(F)(F)F)ccc3oc2c1. The fourth-order valence-electron chi connectivity index (χ4n) is 2.14. The number of alkyl halides is 3. The zero-order valence-electron chi connectivity index (χ0n) is 10.8. The van der Waals surface area contributed by atoms with E-state index in [2.05, 4.69) is 0 Å². The Kier molecular flexibility index (Phi) is 2.90. The number of halogens is 3. The maximum atomic E-state index is 12.7. The average molecular weight is 294 g/mol. The van der Waals surface area contributed by atoms with E-state index in [1.165, 1.54) is 19.2 Å². The molecule has 21 heavy (non-hydrogen) atoms. The topological polar surface area (TPSA) is 39.4 Å². The number of benzene rings is 2. The van der Waals surface area contributed by atoms with E-state index >= 15 is 0 Å². The van der Waals surface area contributed by atoms with Crippen LogP contribution >= 0.6 is 0 Å². The van der Waals surface area contributed by atoms with E-state index in [9.17, 15) is 18.0 Å². The molecule has 0 aliphatic heterocycles. The van der Waals surface area contributed by atoms with Crippen LogP contribution in [0.3, 0.4) is 0 Å². The molecule has 0 aliphatic carbocycles. The molecular formula is C15H9F3O3. The van der Waals surface area contributed by atoms with E-state index < -0.39 is 17.2 Å². The van der Waals surface area contributed by atoms with Crippen LogP contribution in [0.25, 0.3) is 21.9 Å². The Morgan fingerprint density at radius 3 is 2.43 bits per heavy atom. The van der Waals surface area contributed by atoms with Gasteiger partial charge in [0.2, 0.25) is 5.43 Å². The maximum Gasteiger partial charge on any atom is 0.416 e. The van der Waals surface area contributed by atoms with Crippen molar-refractivity contribution in [2.45, 2.75) is 6.18 Å². The monoisotopic (exact) mass is 294 g/mol. The van der Waals surface area contributed by atoms with Crippen LogP contribution in [0.2, 0.25) is 0 Å². The predicted molar refractivity (Wildman–Crippen MR) is 71.5 cm³/mol. The Bertz CT molecular complexity index is 894. The van der Waals surface area contributed by atoms with E-state index in [1.807, 2.05) is 0 Å². The second kappa shape index (κ2) is 4.51. The molecule has 0 spiro atoms. The molecule has 0 N–H and O–H groups in total. The summed E-state index contributed by atoms with van der Waals surface area (Å²) < 4.78 is 48.6. The molecule has 3 nitrogen and oxygen atoms in total. The normalized spacial score (nSPS) is 12.0. The molecule has 0 bridgehead atoms. The third kappa shape index (κ3) is 2.22. The number of rotatable bonds is 1. The highest BCUT2D eigenvalue weighted by Gasteiger charge is 2.31. The van der Waals surface area contributed by atoms with E-state index in [0.717, 1.165) is 18.2 Å². The molecule has 6 heteroatoms. The predicted octanol–water partition coefficient (Wildman–Crippen LogP) is 3.97. The first-order chi connectivity index (χ1) is 9.90. The molecule has 0 saturated carbocycles. The van der Waals surface area contributed by atoms with Crippen molar-refractivity contribution in [2.24, 2.45) is 0 Å². The third-order valence-electron chi connectivity index (χ3n) is 3.20. The molecule has 3 aromatic rings. The average Bonchev–Trinajstić information content (AvgIpc) is 2.45. The Hall–Kier alpha value is -2.50. The van der Waals surface area contributed by atoms with Gasteiger partial charge < -0.3 is 9.15 Å². The van der Waals surface area contributed by atoms with Crippen molar-refractivity contribution in [3.63, 3.8) is 0 Å². The van der Waals surface area contributed by atoms with Gasteiger partial charge in [0.1, 0.15) is 16.9 Å². The zero-order valence-corrected chi connectivity index (χ0v) is 10.8. The fourth-order valence-corrected chi connectivity index (χ4v) is 2.14. The summed E-state index contributed by atoms with van der Waals surface area (Å²) in [7, 11) is 1.47. The zero-order chi connectivity index (χ0) is 15.2. The molecule has 108 valence electrons. The lowest BCUT2D eigenvalue weighted by molar-refractivity contribution is -0.137. The Morgan fingerprint density at radius 2 is 1.76 bits per heavy atom. The van der Waals surface area contributed by atoms with Gasteiger partial charge in [-0.25, -0.2) is 0 Å². The van der Waals surface area contributed by atoms with Crippen LogP contribution in [0.15, 0.2) is 45.6 Å². The van der Waals surface area contributed by atoms with Crippen molar-refractivity contribution in [1.29, 1.82) is 0 Å². The number of ether oxygens (including phenoxy) is 1. The second-order valence-corrected chi connectivity index (χ2v) is 4.50. The molecule has 0 amide bonds. The highest BCUT2D eigenvalue weighted by molar-refractivity contribution is 5.90. The van der Waals surface area contributed by atoms with Gasteiger partial charge in [-0.05, 0) is 30.3 Å². The van der Waals surface area contributed by atoms with E-state index in [-0.39, 0.29) is 21.9 Å². The van der Waals surface area contributed by atoms with E-state index in [4.69, 9.17) is 9.15 Å². The molecule has 0 fully saturated rings. The highest BCUT2D eigenvalue weighted by atomic mass is 19.4. The number of hydrogen-bond donors (Lipinski definition) is 0. The fraction of sp³-hybridized carbons (Fsp3) is 0.133. The summed E-state index contributed by atoms with van der Waals surface area (Å²) in [5, 5.41) is 0.116. The standard InChI is InChI=1S/C15H9F3O3/c1-20-9-3-4-10-13(7-9)21-12-5-2-8(15(16,17)18)6-11(12)14(10)19/h2-7H,1H3. The van der Waals surface area contributed by atoms with Crippen LogP contribution in [0.5, 0.6) is 5.75 Å².